The molecule has 0 N–H and O–H groups in total. The van der Waals surface area contributed by atoms with Gasteiger partial charge in [-0.25, -0.2) is 4.57 Å². The maximum Gasteiger partial charge on any atom is 0.220 e. The molecule has 0 bridgehead atoms. The number of rotatable bonds is 1. The predicted molar refractivity (Wildman–Crippen MR) is 101 cm³/mol. The molecule has 0 spiro atoms. The summed E-state index contributed by atoms with van der Waals surface area (Å²) in [4.78, 5) is 0. The summed E-state index contributed by atoms with van der Waals surface area (Å²) in [5.74, 6) is 0. The van der Waals surface area contributed by atoms with Gasteiger partial charge in [-0.2, -0.15) is 0 Å². The van der Waals surface area contributed by atoms with Crippen LogP contribution in [-0.2, 0) is 19.9 Å². The Balaban J connectivity index is 2.14. The topological polar surface area (TPSA) is 3.88 Å². The van der Waals surface area contributed by atoms with Crippen LogP contribution < -0.4 is 4.57 Å². The van der Waals surface area contributed by atoms with Crippen LogP contribution in [0.3, 0.4) is 0 Å². The van der Waals surface area contributed by atoms with Gasteiger partial charge in [-0.15, -0.1) is 0 Å². The molecule has 122 valence electrons. The molecule has 0 saturated carbocycles. The van der Waals surface area contributed by atoms with Gasteiger partial charge in [0, 0.05) is 6.07 Å². The molecule has 1 aliphatic carbocycles. The molecule has 0 atom stereocenters. The summed E-state index contributed by atoms with van der Waals surface area (Å²) >= 11 is 0. The largest absolute Gasteiger partial charge is 0.220 e. The number of hydrogen-bond donors (Lipinski definition) is 0. The second-order valence-electron chi connectivity index (χ2n) is 7.40. The van der Waals surface area contributed by atoms with Gasteiger partial charge in [0.05, 0.1) is 10.9 Å². The van der Waals surface area contributed by atoms with Crippen LogP contribution in [0.15, 0.2) is 36.5 Å². The third kappa shape index (κ3) is 2.34. The fourth-order valence-corrected chi connectivity index (χ4v) is 4.32. The van der Waals surface area contributed by atoms with Crippen LogP contribution in [0.5, 0.6) is 0 Å². The minimum absolute atomic E-state index is 1.22. The highest BCUT2D eigenvalue weighted by molar-refractivity contribution is 5.97. The first-order valence-electron chi connectivity index (χ1n) is 9.07. The third-order valence-electron chi connectivity index (χ3n) is 5.70. The summed E-state index contributed by atoms with van der Waals surface area (Å²) < 4.78 is 2.32. The lowest BCUT2D eigenvalue weighted by molar-refractivity contribution is -0.659. The zero-order valence-electron chi connectivity index (χ0n) is 15.2. The van der Waals surface area contributed by atoms with E-state index in [2.05, 4.69) is 68.9 Å². The highest BCUT2D eigenvalue weighted by Gasteiger charge is 2.23. The molecular weight excluding hydrogens is 290 g/mol. The molecule has 0 saturated heterocycles. The maximum atomic E-state index is 2.36. The summed E-state index contributed by atoms with van der Waals surface area (Å²) in [6, 6.07) is 11.6. The Morgan fingerprint density at radius 2 is 1.71 bits per heavy atom. The van der Waals surface area contributed by atoms with Crippen molar-refractivity contribution in [3.8, 4) is 11.3 Å². The molecule has 0 amide bonds. The fraction of sp³-hybridized carbons (Fsp3) is 0.348. The molecule has 1 aliphatic rings. The normalized spacial score (nSPS) is 14.0. The van der Waals surface area contributed by atoms with Gasteiger partial charge in [0.2, 0.25) is 5.69 Å². The lowest BCUT2D eigenvalue weighted by atomic mass is 9.85. The maximum absolute atomic E-state index is 2.36. The van der Waals surface area contributed by atoms with Crippen LogP contribution in [0.1, 0.15) is 40.7 Å². The Morgan fingerprint density at radius 3 is 2.54 bits per heavy atom. The predicted octanol–water partition coefficient (Wildman–Crippen LogP) is 5.14. The summed E-state index contributed by atoms with van der Waals surface area (Å²) in [5, 5.41) is 2.85. The van der Waals surface area contributed by atoms with Crippen molar-refractivity contribution in [2.45, 2.75) is 46.5 Å². The molecule has 3 aromatic rings. The Morgan fingerprint density at radius 1 is 0.917 bits per heavy atom. The van der Waals surface area contributed by atoms with Crippen molar-refractivity contribution >= 4 is 10.8 Å². The van der Waals surface area contributed by atoms with Crippen molar-refractivity contribution in [2.24, 2.45) is 7.05 Å². The number of fused-ring (bicyclic) bond motifs is 3. The molecule has 0 unspecified atom stereocenters. The molecule has 1 heteroatoms. The van der Waals surface area contributed by atoms with E-state index >= 15 is 0 Å². The quantitative estimate of drug-likeness (QED) is 0.548. The number of aryl methyl sites for hydroxylation is 5. The summed E-state index contributed by atoms with van der Waals surface area (Å²) in [5.41, 5.74) is 10.0. The second-order valence-corrected chi connectivity index (χ2v) is 7.40. The lowest BCUT2D eigenvalue weighted by Gasteiger charge is -2.19. The van der Waals surface area contributed by atoms with Crippen molar-refractivity contribution in [2.75, 3.05) is 0 Å². The monoisotopic (exact) mass is 316 g/mol. The minimum Gasteiger partial charge on any atom is -0.200 e. The van der Waals surface area contributed by atoms with E-state index in [9.17, 15) is 0 Å². The fourth-order valence-electron chi connectivity index (χ4n) is 4.32. The SMILES string of the molecule is Cc1cc(C)c(C)c(-c2c3c4c(ccc3cc[n+]2C)CCCC4)c1. The number of aromatic nitrogens is 1. The number of benzene rings is 2. The standard InChI is InChI=1S/C23H26N/c1-15-13-16(2)17(3)21(14-15)23-22-19(11-12-24(23)4)10-9-18-7-5-6-8-20(18)22/h9-14H,5-8H2,1-4H3/q+1. The minimum atomic E-state index is 1.22. The van der Waals surface area contributed by atoms with Crippen LogP contribution in [0.4, 0.5) is 0 Å². The van der Waals surface area contributed by atoms with Gasteiger partial charge in [-0.05, 0) is 80.2 Å². The first kappa shape index (κ1) is 15.4. The molecular formula is C23H26N+. The van der Waals surface area contributed by atoms with Gasteiger partial charge >= 0.3 is 0 Å². The number of hydrogen-bond acceptors (Lipinski definition) is 0. The molecule has 0 radical (unpaired) electrons. The van der Waals surface area contributed by atoms with E-state index in [-0.39, 0.29) is 0 Å². The van der Waals surface area contributed by atoms with Crippen molar-refractivity contribution < 1.29 is 4.57 Å². The Bertz CT molecular complexity index is 950. The first-order valence-corrected chi connectivity index (χ1v) is 9.07. The Hall–Kier alpha value is -2.15. The zero-order chi connectivity index (χ0) is 16.8. The molecule has 24 heavy (non-hydrogen) atoms. The van der Waals surface area contributed by atoms with Gasteiger partial charge in [0.1, 0.15) is 7.05 Å². The van der Waals surface area contributed by atoms with E-state index in [1.165, 1.54) is 64.4 Å². The van der Waals surface area contributed by atoms with Crippen molar-refractivity contribution in [1.29, 1.82) is 0 Å². The van der Waals surface area contributed by atoms with E-state index < -0.39 is 0 Å². The van der Waals surface area contributed by atoms with Gasteiger partial charge in [0.25, 0.3) is 0 Å². The van der Waals surface area contributed by atoms with E-state index in [0.717, 1.165) is 0 Å². The molecule has 1 heterocycles. The van der Waals surface area contributed by atoms with Crippen LogP contribution in [0.2, 0.25) is 0 Å². The van der Waals surface area contributed by atoms with Crippen molar-refractivity contribution in [3.05, 3.63) is 64.3 Å². The Kier molecular flexibility index (Phi) is 3.68. The highest BCUT2D eigenvalue weighted by Crippen LogP contribution is 2.36. The van der Waals surface area contributed by atoms with E-state index in [4.69, 9.17) is 0 Å². The molecule has 1 aromatic heterocycles. The highest BCUT2D eigenvalue weighted by atomic mass is 14.9. The summed E-state index contributed by atoms with van der Waals surface area (Å²) in [6.07, 6.45) is 7.30. The average molecular weight is 316 g/mol. The van der Waals surface area contributed by atoms with Gasteiger partial charge in [0.15, 0.2) is 6.20 Å². The number of pyridine rings is 1. The lowest BCUT2D eigenvalue weighted by Crippen LogP contribution is -2.31. The van der Waals surface area contributed by atoms with E-state index in [1.54, 1.807) is 11.1 Å². The Labute approximate surface area is 145 Å². The smallest absolute Gasteiger partial charge is 0.200 e. The van der Waals surface area contributed by atoms with Crippen LogP contribution >= 0.6 is 0 Å². The van der Waals surface area contributed by atoms with Crippen molar-refractivity contribution in [1.82, 2.24) is 0 Å². The molecule has 1 nitrogen and oxygen atoms in total. The van der Waals surface area contributed by atoms with Crippen LogP contribution in [0.25, 0.3) is 22.0 Å². The molecule has 0 aliphatic heterocycles. The van der Waals surface area contributed by atoms with Gasteiger partial charge in [-0.1, -0.05) is 23.8 Å². The van der Waals surface area contributed by atoms with Crippen molar-refractivity contribution in [3.63, 3.8) is 0 Å². The number of nitrogens with zero attached hydrogens (tertiary/aromatic N) is 1. The zero-order valence-corrected chi connectivity index (χ0v) is 15.2. The molecule has 0 fully saturated rings. The second kappa shape index (κ2) is 5.73. The van der Waals surface area contributed by atoms with Crippen LogP contribution in [0, 0.1) is 20.8 Å². The van der Waals surface area contributed by atoms with E-state index in [1.807, 2.05) is 0 Å². The summed E-state index contributed by atoms with van der Waals surface area (Å²) in [7, 11) is 2.19. The molecule has 2 aromatic carbocycles. The first-order chi connectivity index (χ1) is 11.6. The van der Waals surface area contributed by atoms with Crippen LogP contribution in [-0.4, -0.2) is 0 Å². The third-order valence-corrected chi connectivity index (χ3v) is 5.70. The summed E-state index contributed by atoms with van der Waals surface area (Å²) in [6.45, 7) is 6.70. The van der Waals surface area contributed by atoms with Gasteiger partial charge < -0.3 is 0 Å². The molecule has 4 rings (SSSR count). The van der Waals surface area contributed by atoms with E-state index in [0.29, 0.717) is 0 Å². The average Bonchev–Trinajstić information content (AvgIpc) is 2.58. The van der Waals surface area contributed by atoms with Gasteiger partial charge in [-0.3, -0.25) is 0 Å².